The molecule has 2 unspecified atom stereocenters. The van der Waals surface area contributed by atoms with Gasteiger partial charge in [-0.2, -0.15) is 4.31 Å². The largest absolute Gasteiger partial charge is 0.455 e. The Morgan fingerprint density at radius 3 is 2.52 bits per heavy atom. The van der Waals surface area contributed by atoms with Gasteiger partial charge >= 0.3 is 5.97 Å². The van der Waals surface area contributed by atoms with Gasteiger partial charge in [-0.25, -0.2) is 13.2 Å². The summed E-state index contributed by atoms with van der Waals surface area (Å²) in [5, 5.41) is 3.95. The monoisotopic (exact) mass is 490 g/mol. The fourth-order valence-electron chi connectivity index (χ4n) is 3.64. The van der Waals surface area contributed by atoms with Crippen molar-refractivity contribution in [3.63, 3.8) is 0 Å². The van der Waals surface area contributed by atoms with Crippen LogP contribution >= 0.6 is 11.6 Å². The van der Waals surface area contributed by atoms with Gasteiger partial charge in [-0.3, -0.25) is 0 Å². The van der Waals surface area contributed by atoms with E-state index in [2.05, 4.69) is 5.16 Å². The van der Waals surface area contributed by atoms with Crippen molar-refractivity contribution < 1.29 is 27.2 Å². The van der Waals surface area contributed by atoms with E-state index in [1.165, 1.54) is 22.5 Å². The lowest BCUT2D eigenvalue weighted by atomic mass is 10.2. The Labute approximate surface area is 197 Å². The van der Waals surface area contributed by atoms with Gasteiger partial charge in [0.15, 0.2) is 5.76 Å². The molecule has 3 aromatic rings. The predicted octanol–water partition coefficient (Wildman–Crippen LogP) is 4.15. The molecule has 0 amide bonds. The maximum atomic E-state index is 13.2. The van der Waals surface area contributed by atoms with E-state index in [-0.39, 0.29) is 47.4 Å². The molecule has 2 heterocycles. The smallest absolute Gasteiger partial charge is 0.338 e. The topological polar surface area (TPSA) is 98.9 Å². The molecule has 4 rings (SSSR count). The van der Waals surface area contributed by atoms with Crippen LogP contribution in [0.3, 0.4) is 0 Å². The molecule has 1 saturated heterocycles. The van der Waals surface area contributed by atoms with Crippen molar-refractivity contribution in [2.75, 3.05) is 13.1 Å². The van der Waals surface area contributed by atoms with E-state index in [0.717, 1.165) is 5.56 Å². The van der Waals surface area contributed by atoms with E-state index in [1.807, 2.05) is 30.3 Å². The predicted molar refractivity (Wildman–Crippen MR) is 121 cm³/mol. The maximum absolute atomic E-state index is 13.2. The van der Waals surface area contributed by atoms with Crippen LogP contribution in [-0.4, -0.2) is 49.1 Å². The minimum Gasteiger partial charge on any atom is -0.455 e. The lowest BCUT2D eigenvalue weighted by molar-refractivity contribution is -0.0440. The van der Waals surface area contributed by atoms with Gasteiger partial charge in [0, 0.05) is 24.7 Å². The lowest BCUT2D eigenvalue weighted by Gasteiger charge is -2.34. The summed E-state index contributed by atoms with van der Waals surface area (Å²) in [7, 11) is -3.92. The van der Waals surface area contributed by atoms with Crippen LogP contribution in [-0.2, 0) is 26.1 Å². The fourth-order valence-corrected chi connectivity index (χ4v) is 5.73. The summed E-state index contributed by atoms with van der Waals surface area (Å²) in [6.45, 7) is 3.89. The zero-order valence-corrected chi connectivity index (χ0v) is 19.7. The third-order valence-corrected chi connectivity index (χ3v) is 7.45. The quantitative estimate of drug-likeness (QED) is 0.478. The molecule has 1 aromatic heterocycles. The number of benzene rings is 2. The molecule has 2 atom stereocenters. The lowest BCUT2D eigenvalue weighted by Crippen LogP contribution is -2.48. The number of esters is 1. The normalized spacial score (nSPS) is 19.4. The van der Waals surface area contributed by atoms with Crippen molar-refractivity contribution in [2.45, 2.75) is 37.6 Å². The van der Waals surface area contributed by atoms with Gasteiger partial charge < -0.3 is 14.0 Å². The molecule has 0 saturated carbocycles. The summed E-state index contributed by atoms with van der Waals surface area (Å²) in [5.74, 6) is -0.147. The molecule has 0 N–H and O–H groups in total. The average molecular weight is 491 g/mol. The Morgan fingerprint density at radius 2 is 1.82 bits per heavy atom. The van der Waals surface area contributed by atoms with E-state index in [1.54, 1.807) is 19.9 Å². The van der Waals surface area contributed by atoms with Crippen LogP contribution in [0.1, 0.15) is 29.9 Å². The number of halogens is 1. The molecule has 0 radical (unpaired) electrons. The Kier molecular flexibility index (Phi) is 6.85. The molecule has 174 valence electrons. The molecule has 0 spiro atoms. The molecule has 0 bridgehead atoms. The van der Waals surface area contributed by atoms with Crippen molar-refractivity contribution in [1.29, 1.82) is 0 Å². The van der Waals surface area contributed by atoms with E-state index in [0.29, 0.717) is 11.5 Å². The standard InChI is InChI=1S/C23H23ClN2O6S/c1-15-12-26(13-16(2)31-15)33(28,29)22-10-18(8-9-20(22)24)23(27)30-14-19-11-21(32-25-19)17-6-4-3-5-7-17/h3-11,15-16H,12-14H2,1-2H3. The minimum atomic E-state index is -3.92. The summed E-state index contributed by atoms with van der Waals surface area (Å²) >= 11 is 6.20. The SMILES string of the molecule is CC1CN(S(=O)(=O)c2cc(C(=O)OCc3cc(-c4ccccc4)on3)ccc2Cl)CC(C)O1. The summed E-state index contributed by atoms with van der Waals surface area (Å²) in [6.07, 6.45) is -0.502. The van der Waals surface area contributed by atoms with Crippen LogP contribution in [0.4, 0.5) is 0 Å². The summed E-state index contributed by atoms with van der Waals surface area (Å²) < 4.78 is 44.0. The van der Waals surface area contributed by atoms with Gasteiger partial charge in [0.25, 0.3) is 0 Å². The molecular formula is C23H23ClN2O6S. The van der Waals surface area contributed by atoms with Gasteiger partial charge in [0.2, 0.25) is 10.0 Å². The van der Waals surface area contributed by atoms with Crippen LogP contribution in [0.25, 0.3) is 11.3 Å². The third-order valence-electron chi connectivity index (χ3n) is 5.14. The number of hydrogen-bond acceptors (Lipinski definition) is 7. The number of aromatic nitrogens is 1. The summed E-state index contributed by atoms with van der Waals surface area (Å²) in [4.78, 5) is 12.5. The first-order valence-corrected chi connectivity index (χ1v) is 12.2. The van der Waals surface area contributed by atoms with Gasteiger partial charge in [0.1, 0.15) is 17.2 Å². The maximum Gasteiger partial charge on any atom is 0.338 e. The second kappa shape index (κ2) is 9.64. The molecule has 8 nitrogen and oxygen atoms in total. The van der Waals surface area contributed by atoms with Gasteiger partial charge in [0.05, 0.1) is 22.8 Å². The Bertz CT molecular complexity index is 1230. The average Bonchev–Trinajstić information content (AvgIpc) is 3.27. The van der Waals surface area contributed by atoms with E-state index < -0.39 is 16.0 Å². The van der Waals surface area contributed by atoms with Crippen molar-refractivity contribution in [2.24, 2.45) is 0 Å². The highest BCUT2D eigenvalue weighted by atomic mass is 35.5. The Morgan fingerprint density at radius 1 is 1.12 bits per heavy atom. The molecule has 0 aliphatic carbocycles. The molecule has 10 heteroatoms. The van der Waals surface area contributed by atoms with Gasteiger partial charge in [-0.1, -0.05) is 47.1 Å². The highest BCUT2D eigenvalue weighted by molar-refractivity contribution is 7.89. The summed E-state index contributed by atoms with van der Waals surface area (Å²) in [5.41, 5.74) is 1.35. The van der Waals surface area contributed by atoms with Crippen molar-refractivity contribution in [1.82, 2.24) is 9.46 Å². The van der Waals surface area contributed by atoms with Gasteiger partial charge in [-0.15, -0.1) is 0 Å². The van der Waals surface area contributed by atoms with E-state index in [9.17, 15) is 13.2 Å². The highest BCUT2D eigenvalue weighted by Gasteiger charge is 2.34. The number of sulfonamides is 1. The van der Waals surface area contributed by atoms with Crippen LogP contribution in [0, 0.1) is 0 Å². The number of carbonyl (C=O) groups is 1. The summed E-state index contributed by atoms with van der Waals surface area (Å²) in [6, 6.07) is 15.1. The van der Waals surface area contributed by atoms with Crippen LogP contribution in [0.15, 0.2) is 64.0 Å². The number of nitrogens with zero attached hydrogens (tertiary/aromatic N) is 2. The fraction of sp³-hybridized carbons (Fsp3) is 0.304. The number of hydrogen-bond donors (Lipinski definition) is 0. The van der Waals surface area contributed by atoms with Crippen molar-refractivity contribution >= 4 is 27.6 Å². The first-order valence-electron chi connectivity index (χ1n) is 10.4. The number of rotatable bonds is 6. The third kappa shape index (κ3) is 5.27. The first-order chi connectivity index (χ1) is 15.7. The molecule has 2 aromatic carbocycles. The van der Waals surface area contributed by atoms with Gasteiger partial charge in [-0.05, 0) is 32.0 Å². The Balaban J connectivity index is 1.48. The van der Waals surface area contributed by atoms with Crippen LogP contribution in [0.2, 0.25) is 5.02 Å². The van der Waals surface area contributed by atoms with Crippen molar-refractivity contribution in [3.8, 4) is 11.3 Å². The van der Waals surface area contributed by atoms with Crippen LogP contribution in [0.5, 0.6) is 0 Å². The number of ether oxygens (including phenoxy) is 2. The molecule has 1 fully saturated rings. The molecule has 1 aliphatic rings. The second-order valence-corrected chi connectivity index (χ2v) is 10.2. The molecule has 33 heavy (non-hydrogen) atoms. The number of morpholine rings is 1. The number of carbonyl (C=O) groups excluding carboxylic acids is 1. The highest BCUT2D eigenvalue weighted by Crippen LogP contribution is 2.28. The minimum absolute atomic E-state index is 0.0300. The van der Waals surface area contributed by atoms with E-state index >= 15 is 0 Å². The van der Waals surface area contributed by atoms with E-state index in [4.69, 9.17) is 25.6 Å². The zero-order valence-electron chi connectivity index (χ0n) is 18.1. The van der Waals surface area contributed by atoms with Crippen molar-refractivity contribution in [3.05, 3.63) is 70.9 Å². The van der Waals surface area contributed by atoms with Crippen LogP contribution < -0.4 is 0 Å². The molecule has 1 aliphatic heterocycles. The first kappa shape index (κ1) is 23.4. The second-order valence-electron chi connectivity index (χ2n) is 7.85. The molecular weight excluding hydrogens is 468 g/mol. The Hall–Kier alpha value is -2.72. The zero-order chi connectivity index (χ0) is 23.6.